The first-order valence-corrected chi connectivity index (χ1v) is 7.74. The summed E-state index contributed by atoms with van der Waals surface area (Å²) in [6.45, 7) is 2.20. The van der Waals surface area contributed by atoms with Crippen molar-refractivity contribution in [2.45, 2.75) is 13.5 Å². The number of nitro benzene ring substituents is 1. The lowest BCUT2D eigenvalue weighted by molar-refractivity contribution is -0.384. The number of nitrogens with zero attached hydrogens (tertiary/aromatic N) is 4. The maximum Gasteiger partial charge on any atom is 0.269 e. The molecule has 0 aliphatic heterocycles. The molecule has 0 aliphatic carbocycles. The van der Waals surface area contributed by atoms with Crippen LogP contribution in [-0.2, 0) is 6.54 Å². The molecule has 124 valence electrons. The van der Waals surface area contributed by atoms with Gasteiger partial charge in [-0.1, -0.05) is 30.3 Å². The first-order valence-electron chi connectivity index (χ1n) is 7.74. The smallest absolute Gasteiger partial charge is 0.269 e. The molecule has 0 amide bonds. The van der Waals surface area contributed by atoms with Crippen molar-refractivity contribution < 1.29 is 9.34 Å². The number of benzene rings is 2. The van der Waals surface area contributed by atoms with Crippen LogP contribution in [0.5, 0.6) is 0 Å². The van der Waals surface area contributed by atoms with Gasteiger partial charge in [0.1, 0.15) is 5.69 Å². The van der Waals surface area contributed by atoms with E-state index in [-0.39, 0.29) is 10.6 Å². The Morgan fingerprint density at radius 2 is 1.96 bits per heavy atom. The zero-order valence-corrected chi connectivity index (χ0v) is 13.4. The maximum absolute atomic E-state index is 11.0. The van der Waals surface area contributed by atoms with E-state index in [4.69, 9.17) is 4.42 Å². The van der Waals surface area contributed by atoms with Crippen LogP contribution in [0.3, 0.4) is 0 Å². The highest BCUT2D eigenvalue weighted by molar-refractivity contribution is 5.85. The minimum absolute atomic E-state index is 0.0733. The van der Waals surface area contributed by atoms with Crippen LogP contribution in [0, 0.1) is 17.0 Å². The van der Waals surface area contributed by atoms with Gasteiger partial charge in [-0.15, -0.1) is 10.2 Å². The SMILES string of the molecule is Cc1nnc(-c2cc3ccccc3n2Cc2cccc([N+](=O)[O-])c2)o1. The van der Waals surface area contributed by atoms with Gasteiger partial charge in [0, 0.05) is 36.5 Å². The first kappa shape index (κ1) is 15.1. The van der Waals surface area contributed by atoms with Crippen molar-refractivity contribution in [2.24, 2.45) is 0 Å². The van der Waals surface area contributed by atoms with Crippen molar-refractivity contribution in [2.75, 3.05) is 0 Å². The van der Waals surface area contributed by atoms with Gasteiger partial charge in [-0.2, -0.15) is 0 Å². The summed E-state index contributed by atoms with van der Waals surface area (Å²) < 4.78 is 7.62. The van der Waals surface area contributed by atoms with Gasteiger partial charge in [-0.3, -0.25) is 10.1 Å². The highest BCUT2D eigenvalue weighted by atomic mass is 16.6. The second-order valence-corrected chi connectivity index (χ2v) is 5.73. The first-order chi connectivity index (χ1) is 12.1. The molecule has 0 saturated carbocycles. The largest absolute Gasteiger partial charge is 0.420 e. The van der Waals surface area contributed by atoms with E-state index in [1.54, 1.807) is 19.1 Å². The summed E-state index contributed by atoms with van der Waals surface area (Å²) >= 11 is 0. The Balaban J connectivity index is 1.85. The van der Waals surface area contributed by atoms with Crippen molar-refractivity contribution >= 4 is 16.6 Å². The summed E-state index contributed by atoms with van der Waals surface area (Å²) in [6.07, 6.45) is 0. The second kappa shape index (κ2) is 5.86. The Hall–Kier alpha value is -3.48. The number of non-ortho nitro benzene ring substituents is 1. The van der Waals surface area contributed by atoms with Crippen LogP contribution in [0.2, 0.25) is 0 Å². The summed E-state index contributed by atoms with van der Waals surface area (Å²) in [4.78, 5) is 10.6. The molecule has 0 N–H and O–H groups in total. The predicted molar refractivity (Wildman–Crippen MR) is 92.2 cm³/mol. The van der Waals surface area contributed by atoms with Crippen LogP contribution in [0.1, 0.15) is 11.5 Å². The van der Waals surface area contributed by atoms with Crippen molar-refractivity contribution in [3.05, 3.63) is 76.2 Å². The Morgan fingerprint density at radius 1 is 1.12 bits per heavy atom. The number of nitro groups is 1. The normalized spacial score (nSPS) is 11.1. The van der Waals surface area contributed by atoms with Crippen molar-refractivity contribution in [3.8, 4) is 11.6 Å². The van der Waals surface area contributed by atoms with Crippen LogP contribution >= 0.6 is 0 Å². The number of hydrogen-bond donors (Lipinski definition) is 0. The highest BCUT2D eigenvalue weighted by Crippen LogP contribution is 2.29. The molecule has 7 heteroatoms. The predicted octanol–water partition coefficient (Wildman–Crippen LogP) is 3.96. The summed E-state index contributed by atoms with van der Waals surface area (Å²) in [5, 5.41) is 20.1. The van der Waals surface area contributed by atoms with Gasteiger partial charge in [0.25, 0.3) is 11.6 Å². The van der Waals surface area contributed by atoms with Crippen LogP contribution in [0.4, 0.5) is 5.69 Å². The molecule has 4 aromatic rings. The molecule has 7 nitrogen and oxygen atoms in total. The number of para-hydroxylation sites is 1. The molecule has 0 atom stereocenters. The fraction of sp³-hybridized carbons (Fsp3) is 0.111. The molecule has 0 fully saturated rings. The molecule has 0 bridgehead atoms. The Labute approximate surface area is 142 Å². The molecule has 0 spiro atoms. The fourth-order valence-corrected chi connectivity index (χ4v) is 2.91. The lowest BCUT2D eigenvalue weighted by atomic mass is 10.2. The van der Waals surface area contributed by atoms with Gasteiger partial charge >= 0.3 is 0 Å². The average molecular weight is 334 g/mol. The summed E-state index contributed by atoms with van der Waals surface area (Å²) in [7, 11) is 0. The van der Waals surface area contributed by atoms with Gasteiger partial charge in [-0.25, -0.2) is 0 Å². The van der Waals surface area contributed by atoms with Gasteiger partial charge in [0.15, 0.2) is 0 Å². The quantitative estimate of drug-likeness (QED) is 0.416. The summed E-state index contributed by atoms with van der Waals surface area (Å²) in [5.74, 6) is 0.918. The Kier molecular flexibility index (Phi) is 3.53. The maximum atomic E-state index is 11.0. The number of aromatic nitrogens is 3. The molecule has 25 heavy (non-hydrogen) atoms. The lowest BCUT2D eigenvalue weighted by Gasteiger charge is -2.09. The topological polar surface area (TPSA) is 87.0 Å². The van der Waals surface area contributed by atoms with E-state index in [1.165, 1.54) is 6.07 Å². The molecule has 2 heterocycles. The minimum Gasteiger partial charge on any atom is -0.420 e. The minimum atomic E-state index is -0.389. The van der Waals surface area contributed by atoms with E-state index in [0.717, 1.165) is 22.2 Å². The van der Waals surface area contributed by atoms with Gasteiger partial charge < -0.3 is 8.98 Å². The molecule has 0 saturated heterocycles. The summed E-state index contributed by atoms with van der Waals surface area (Å²) in [6, 6.07) is 16.5. The third kappa shape index (κ3) is 2.76. The molecule has 2 aromatic carbocycles. The van der Waals surface area contributed by atoms with E-state index >= 15 is 0 Å². The molecule has 0 aliphatic rings. The van der Waals surface area contributed by atoms with E-state index in [1.807, 2.05) is 41.0 Å². The molecular weight excluding hydrogens is 320 g/mol. The third-order valence-corrected chi connectivity index (χ3v) is 4.02. The summed E-state index contributed by atoms with van der Waals surface area (Å²) in [5.41, 5.74) is 2.69. The highest BCUT2D eigenvalue weighted by Gasteiger charge is 2.16. The van der Waals surface area contributed by atoms with Crippen molar-refractivity contribution in [3.63, 3.8) is 0 Å². The zero-order chi connectivity index (χ0) is 17.4. The number of hydrogen-bond acceptors (Lipinski definition) is 5. The van der Waals surface area contributed by atoms with Gasteiger partial charge in [0.2, 0.25) is 5.89 Å². The molecule has 0 radical (unpaired) electrons. The van der Waals surface area contributed by atoms with Crippen molar-refractivity contribution in [1.29, 1.82) is 0 Å². The monoisotopic (exact) mass is 334 g/mol. The Bertz CT molecular complexity index is 1080. The van der Waals surface area contributed by atoms with Crippen LogP contribution in [0.25, 0.3) is 22.5 Å². The molecule has 2 aromatic heterocycles. The van der Waals surface area contributed by atoms with Gasteiger partial charge in [-0.05, 0) is 17.7 Å². The molecule has 0 unspecified atom stereocenters. The third-order valence-electron chi connectivity index (χ3n) is 4.02. The van der Waals surface area contributed by atoms with Gasteiger partial charge in [0.05, 0.1) is 4.92 Å². The number of rotatable bonds is 4. The fourth-order valence-electron chi connectivity index (χ4n) is 2.91. The van der Waals surface area contributed by atoms with Crippen LogP contribution < -0.4 is 0 Å². The van der Waals surface area contributed by atoms with E-state index in [2.05, 4.69) is 10.2 Å². The standard InChI is InChI=1S/C18H14N4O3/c1-12-19-20-18(25-12)17-10-14-6-2-3-8-16(14)21(17)11-13-5-4-7-15(9-13)22(23)24/h2-10H,11H2,1H3. The molecule has 4 rings (SSSR count). The van der Waals surface area contributed by atoms with Crippen LogP contribution in [0.15, 0.2) is 59.0 Å². The lowest BCUT2D eigenvalue weighted by Crippen LogP contribution is -2.02. The van der Waals surface area contributed by atoms with E-state index in [9.17, 15) is 10.1 Å². The zero-order valence-electron chi connectivity index (χ0n) is 13.4. The van der Waals surface area contributed by atoms with Crippen LogP contribution in [-0.4, -0.2) is 19.7 Å². The van der Waals surface area contributed by atoms with E-state index in [0.29, 0.717) is 18.3 Å². The average Bonchev–Trinajstić information content (AvgIpc) is 3.19. The Morgan fingerprint density at radius 3 is 2.72 bits per heavy atom. The van der Waals surface area contributed by atoms with Crippen molar-refractivity contribution in [1.82, 2.24) is 14.8 Å². The molecular formula is C18H14N4O3. The second-order valence-electron chi connectivity index (χ2n) is 5.73. The number of aryl methyl sites for hydroxylation is 1. The number of fused-ring (bicyclic) bond motifs is 1. The van der Waals surface area contributed by atoms with E-state index < -0.39 is 0 Å².